The van der Waals surface area contributed by atoms with Crippen molar-refractivity contribution in [2.45, 2.75) is 31.7 Å². The maximum absolute atomic E-state index is 5.95. The SMILES string of the molecule is CC(N)Cc1cccc(OCC2Cc3ccccc32)c1. The molecule has 2 heteroatoms. The summed E-state index contributed by atoms with van der Waals surface area (Å²) in [7, 11) is 0. The molecule has 0 radical (unpaired) electrons. The van der Waals surface area contributed by atoms with Crippen molar-refractivity contribution in [3.63, 3.8) is 0 Å². The summed E-state index contributed by atoms with van der Waals surface area (Å²) in [6.07, 6.45) is 2.03. The van der Waals surface area contributed by atoms with Crippen molar-refractivity contribution in [2.24, 2.45) is 5.73 Å². The van der Waals surface area contributed by atoms with Gasteiger partial charge in [-0.2, -0.15) is 0 Å². The van der Waals surface area contributed by atoms with Gasteiger partial charge in [-0.25, -0.2) is 0 Å². The van der Waals surface area contributed by atoms with E-state index in [-0.39, 0.29) is 6.04 Å². The topological polar surface area (TPSA) is 35.2 Å². The fourth-order valence-electron chi connectivity index (χ4n) is 2.84. The molecule has 2 aromatic rings. The Hall–Kier alpha value is -1.80. The summed E-state index contributed by atoms with van der Waals surface area (Å²) >= 11 is 0. The Morgan fingerprint density at radius 3 is 2.85 bits per heavy atom. The molecule has 2 aromatic carbocycles. The summed E-state index contributed by atoms with van der Waals surface area (Å²) in [5.74, 6) is 1.50. The van der Waals surface area contributed by atoms with Crippen molar-refractivity contribution in [1.29, 1.82) is 0 Å². The number of hydrogen-bond donors (Lipinski definition) is 1. The van der Waals surface area contributed by atoms with E-state index in [0.717, 1.165) is 25.2 Å². The molecule has 1 aliphatic carbocycles. The normalized spacial score (nSPS) is 18.0. The van der Waals surface area contributed by atoms with E-state index >= 15 is 0 Å². The van der Waals surface area contributed by atoms with Gasteiger partial charge in [-0.3, -0.25) is 0 Å². The fraction of sp³-hybridized carbons (Fsp3) is 0.333. The molecule has 0 saturated heterocycles. The van der Waals surface area contributed by atoms with Gasteiger partial charge in [0.1, 0.15) is 5.75 Å². The summed E-state index contributed by atoms with van der Waals surface area (Å²) in [6.45, 7) is 2.79. The van der Waals surface area contributed by atoms with Crippen LogP contribution in [0, 0.1) is 0 Å². The molecular weight excluding hydrogens is 246 g/mol. The molecule has 2 nitrogen and oxygen atoms in total. The van der Waals surface area contributed by atoms with E-state index < -0.39 is 0 Å². The molecule has 3 rings (SSSR count). The summed E-state index contributed by atoms with van der Waals surface area (Å²) in [6, 6.07) is 17.1. The summed E-state index contributed by atoms with van der Waals surface area (Å²) in [5.41, 5.74) is 9.99. The second kappa shape index (κ2) is 5.68. The lowest BCUT2D eigenvalue weighted by Gasteiger charge is -2.29. The van der Waals surface area contributed by atoms with Gasteiger partial charge in [0.25, 0.3) is 0 Å². The highest BCUT2D eigenvalue weighted by molar-refractivity contribution is 5.40. The minimum absolute atomic E-state index is 0.184. The molecule has 20 heavy (non-hydrogen) atoms. The van der Waals surface area contributed by atoms with Gasteiger partial charge in [-0.05, 0) is 48.6 Å². The first-order chi connectivity index (χ1) is 9.72. The van der Waals surface area contributed by atoms with E-state index in [1.807, 2.05) is 19.1 Å². The smallest absolute Gasteiger partial charge is 0.119 e. The number of ether oxygens (including phenoxy) is 1. The van der Waals surface area contributed by atoms with Gasteiger partial charge in [0.05, 0.1) is 6.61 Å². The maximum Gasteiger partial charge on any atom is 0.119 e. The number of hydrogen-bond acceptors (Lipinski definition) is 2. The monoisotopic (exact) mass is 267 g/mol. The highest BCUT2D eigenvalue weighted by Crippen LogP contribution is 2.35. The molecule has 0 amide bonds. The van der Waals surface area contributed by atoms with Gasteiger partial charge in [-0.1, -0.05) is 36.4 Å². The summed E-state index contributed by atoms with van der Waals surface area (Å²) < 4.78 is 5.95. The molecule has 2 atom stereocenters. The van der Waals surface area contributed by atoms with Crippen LogP contribution < -0.4 is 10.5 Å². The van der Waals surface area contributed by atoms with Crippen molar-refractivity contribution >= 4 is 0 Å². The Labute approximate surface area is 120 Å². The molecule has 0 spiro atoms. The Bertz CT molecular complexity index is 591. The van der Waals surface area contributed by atoms with Gasteiger partial charge >= 0.3 is 0 Å². The molecule has 2 unspecified atom stereocenters. The van der Waals surface area contributed by atoms with Crippen LogP contribution in [0.15, 0.2) is 48.5 Å². The number of fused-ring (bicyclic) bond motifs is 1. The van der Waals surface area contributed by atoms with E-state index in [2.05, 4.69) is 36.4 Å². The van der Waals surface area contributed by atoms with Crippen LogP contribution in [0.5, 0.6) is 5.75 Å². The Morgan fingerprint density at radius 2 is 2.05 bits per heavy atom. The number of rotatable bonds is 5. The third-order valence-corrected chi connectivity index (χ3v) is 3.87. The van der Waals surface area contributed by atoms with Crippen LogP contribution in [0.4, 0.5) is 0 Å². The Kier molecular flexibility index (Phi) is 3.75. The van der Waals surface area contributed by atoms with Crippen LogP contribution >= 0.6 is 0 Å². The van der Waals surface area contributed by atoms with Crippen LogP contribution in [-0.4, -0.2) is 12.6 Å². The number of benzene rings is 2. The van der Waals surface area contributed by atoms with E-state index in [0.29, 0.717) is 5.92 Å². The standard InChI is InChI=1S/C18H21NO/c1-13(19)9-14-5-4-7-17(10-14)20-12-16-11-15-6-2-3-8-18(15)16/h2-8,10,13,16H,9,11-12,19H2,1H3. The van der Waals surface area contributed by atoms with Crippen LogP contribution in [0.25, 0.3) is 0 Å². The molecule has 0 bridgehead atoms. The van der Waals surface area contributed by atoms with Crippen molar-refractivity contribution in [2.75, 3.05) is 6.61 Å². The van der Waals surface area contributed by atoms with Gasteiger partial charge in [-0.15, -0.1) is 0 Å². The third kappa shape index (κ3) is 2.86. The van der Waals surface area contributed by atoms with Crippen molar-refractivity contribution in [1.82, 2.24) is 0 Å². The van der Waals surface area contributed by atoms with Crippen LogP contribution in [-0.2, 0) is 12.8 Å². The first-order valence-electron chi connectivity index (χ1n) is 7.27. The highest BCUT2D eigenvalue weighted by Gasteiger charge is 2.25. The minimum atomic E-state index is 0.184. The second-order valence-corrected chi connectivity index (χ2v) is 5.74. The van der Waals surface area contributed by atoms with Gasteiger partial charge in [0, 0.05) is 12.0 Å². The first-order valence-corrected chi connectivity index (χ1v) is 7.27. The molecule has 0 saturated carbocycles. The quantitative estimate of drug-likeness (QED) is 0.902. The maximum atomic E-state index is 5.95. The lowest BCUT2D eigenvalue weighted by molar-refractivity contribution is 0.275. The van der Waals surface area contributed by atoms with Crippen molar-refractivity contribution < 1.29 is 4.74 Å². The van der Waals surface area contributed by atoms with Gasteiger partial charge < -0.3 is 10.5 Å². The van der Waals surface area contributed by atoms with Crippen molar-refractivity contribution in [3.8, 4) is 5.75 Å². The predicted octanol–water partition coefficient (Wildman–Crippen LogP) is 3.30. The fourth-order valence-corrected chi connectivity index (χ4v) is 2.84. The Balaban J connectivity index is 1.60. The number of nitrogens with two attached hydrogens (primary N) is 1. The van der Waals surface area contributed by atoms with Crippen LogP contribution in [0.2, 0.25) is 0 Å². The average Bonchev–Trinajstić information content (AvgIpc) is 2.39. The van der Waals surface area contributed by atoms with E-state index in [1.165, 1.54) is 16.7 Å². The molecule has 0 heterocycles. The van der Waals surface area contributed by atoms with Gasteiger partial charge in [0.15, 0.2) is 0 Å². The Morgan fingerprint density at radius 1 is 1.20 bits per heavy atom. The molecule has 0 aromatic heterocycles. The zero-order valence-corrected chi connectivity index (χ0v) is 11.9. The minimum Gasteiger partial charge on any atom is -0.493 e. The lowest BCUT2D eigenvalue weighted by Crippen LogP contribution is -2.23. The zero-order valence-electron chi connectivity index (χ0n) is 11.9. The predicted molar refractivity (Wildman–Crippen MR) is 82.2 cm³/mol. The van der Waals surface area contributed by atoms with Gasteiger partial charge in [0.2, 0.25) is 0 Å². The van der Waals surface area contributed by atoms with E-state index in [4.69, 9.17) is 10.5 Å². The summed E-state index contributed by atoms with van der Waals surface area (Å²) in [5, 5.41) is 0. The second-order valence-electron chi connectivity index (χ2n) is 5.74. The molecular formula is C18H21NO. The zero-order chi connectivity index (χ0) is 13.9. The average molecular weight is 267 g/mol. The highest BCUT2D eigenvalue weighted by atomic mass is 16.5. The molecule has 2 N–H and O–H groups in total. The third-order valence-electron chi connectivity index (χ3n) is 3.87. The van der Waals surface area contributed by atoms with E-state index in [9.17, 15) is 0 Å². The largest absolute Gasteiger partial charge is 0.493 e. The molecule has 1 aliphatic rings. The molecule has 104 valence electrons. The molecule has 0 fully saturated rings. The van der Waals surface area contributed by atoms with Crippen LogP contribution in [0.3, 0.4) is 0 Å². The lowest BCUT2D eigenvalue weighted by atomic mass is 9.78. The summed E-state index contributed by atoms with van der Waals surface area (Å²) in [4.78, 5) is 0. The first kappa shape index (κ1) is 13.2. The van der Waals surface area contributed by atoms with Crippen molar-refractivity contribution in [3.05, 3.63) is 65.2 Å². The van der Waals surface area contributed by atoms with Crippen LogP contribution in [0.1, 0.15) is 29.5 Å². The molecule has 0 aliphatic heterocycles. The van der Waals surface area contributed by atoms with E-state index in [1.54, 1.807) is 0 Å².